The first-order valence-electron chi connectivity index (χ1n) is 8.88. The van der Waals surface area contributed by atoms with Crippen molar-refractivity contribution in [2.75, 3.05) is 16.0 Å². The lowest BCUT2D eigenvalue weighted by Crippen LogP contribution is -2.28. The van der Waals surface area contributed by atoms with Gasteiger partial charge in [0.05, 0.1) is 11.4 Å². The van der Waals surface area contributed by atoms with Gasteiger partial charge in [-0.15, -0.1) is 11.8 Å². The van der Waals surface area contributed by atoms with Gasteiger partial charge in [-0.1, -0.05) is 30.3 Å². The summed E-state index contributed by atoms with van der Waals surface area (Å²) in [5.74, 6) is -1.82. The molecule has 4 nitrogen and oxygen atoms in total. The van der Waals surface area contributed by atoms with Crippen LogP contribution in [0.3, 0.4) is 0 Å². The second-order valence-electron chi connectivity index (χ2n) is 6.47. The monoisotopic (exact) mass is 410 g/mol. The van der Waals surface area contributed by atoms with Crippen LogP contribution >= 0.6 is 11.8 Å². The molecule has 1 aliphatic heterocycles. The standard InChI is InChI=1S/C22H16F2N2O2S/c23-16-9-10-19(18(24)12-16)26-20(27)13-29-22(26)15-7-4-8-17(11-15)25-21(28)14-5-2-1-3-6-14/h1-12,22H,13H2,(H,25,28). The fourth-order valence-electron chi connectivity index (χ4n) is 3.17. The third kappa shape index (κ3) is 4.00. The van der Waals surface area contributed by atoms with E-state index in [9.17, 15) is 18.4 Å². The molecule has 4 rings (SSSR count). The first-order valence-corrected chi connectivity index (χ1v) is 9.93. The Bertz CT molecular complexity index is 1080. The van der Waals surface area contributed by atoms with Gasteiger partial charge < -0.3 is 5.32 Å². The van der Waals surface area contributed by atoms with E-state index in [4.69, 9.17) is 0 Å². The predicted molar refractivity (Wildman–Crippen MR) is 110 cm³/mol. The minimum absolute atomic E-state index is 0.0325. The molecule has 2 amide bonds. The Morgan fingerprint density at radius 2 is 1.79 bits per heavy atom. The molecule has 0 aliphatic carbocycles. The maximum Gasteiger partial charge on any atom is 0.255 e. The molecule has 0 aromatic heterocycles. The number of carbonyl (C=O) groups excluding carboxylic acids is 2. The number of nitrogens with zero attached hydrogens (tertiary/aromatic N) is 1. The molecule has 0 bridgehead atoms. The van der Waals surface area contributed by atoms with Crippen molar-refractivity contribution in [2.24, 2.45) is 0 Å². The van der Waals surface area contributed by atoms with E-state index in [1.54, 1.807) is 42.5 Å². The Labute approximate surface area is 170 Å². The molecule has 1 aliphatic rings. The van der Waals surface area contributed by atoms with Crippen molar-refractivity contribution in [1.29, 1.82) is 0 Å². The first kappa shape index (κ1) is 19.1. The summed E-state index contributed by atoms with van der Waals surface area (Å²) in [4.78, 5) is 26.1. The number of amides is 2. The van der Waals surface area contributed by atoms with Crippen LogP contribution in [0.25, 0.3) is 0 Å². The second-order valence-corrected chi connectivity index (χ2v) is 7.54. The molecule has 0 saturated carbocycles. The van der Waals surface area contributed by atoms with Gasteiger partial charge in [-0.3, -0.25) is 14.5 Å². The van der Waals surface area contributed by atoms with Gasteiger partial charge >= 0.3 is 0 Å². The van der Waals surface area contributed by atoms with Gasteiger partial charge in [0.2, 0.25) is 5.91 Å². The molecule has 1 saturated heterocycles. The van der Waals surface area contributed by atoms with Crippen LogP contribution in [-0.2, 0) is 4.79 Å². The number of halogens is 2. The van der Waals surface area contributed by atoms with Crippen LogP contribution in [0, 0.1) is 11.6 Å². The average molecular weight is 410 g/mol. The average Bonchev–Trinajstić information content (AvgIpc) is 3.10. The van der Waals surface area contributed by atoms with E-state index < -0.39 is 17.0 Å². The van der Waals surface area contributed by atoms with Crippen molar-refractivity contribution in [3.8, 4) is 0 Å². The predicted octanol–water partition coefficient (Wildman–Crippen LogP) is 5.00. The lowest BCUT2D eigenvalue weighted by Gasteiger charge is -2.25. The van der Waals surface area contributed by atoms with E-state index in [1.165, 1.54) is 22.7 Å². The van der Waals surface area contributed by atoms with E-state index in [2.05, 4.69) is 5.32 Å². The largest absolute Gasteiger partial charge is 0.322 e. The Hall–Kier alpha value is -3.19. The Kier molecular flexibility index (Phi) is 5.31. The third-order valence-corrected chi connectivity index (χ3v) is 5.72. The molecule has 1 atom stereocenters. The van der Waals surface area contributed by atoms with E-state index in [-0.39, 0.29) is 23.3 Å². The minimum atomic E-state index is -0.792. The molecule has 7 heteroatoms. The van der Waals surface area contributed by atoms with E-state index in [1.807, 2.05) is 12.1 Å². The summed E-state index contributed by atoms with van der Waals surface area (Å²) in [5, 5.41) is 2.36. The van der Waals surface area contributed by atoms with Crippen LogP contribution in [0.1, 0.15) is 21.3 Å². The molecular weight excluding hydrogens is 394 g/mol. The summed E-state index contributed by atoms with van der Waals surface area (Å²) in [6.07, 6.45) is 0. The molecule has 146 valence electrons. The van der Waals surface area contributed by atoms with Crippen molar-refractivity contribution in [3.05, 3.63) is 95.6 Å². The van der Waals surface area contributed by atoms with Crippen LogP contribution in [0.5, 0.6) is 0 Å². The summed E-state index contributed by atoms with van der Waals surface area (Å²) < 4.78 is 27.6. The molecular formula is C22H16F2N2O2S. The van der Waals surface area contributed by atoms with Crippen molar-refractivity contribution in [3.63, 3.8) is 0 Å². The van der Waals surface area contributed by atoms with Crippen LogP contribution in [0.2, 0.25) is 0 Å². The van der Waals surface area contributed by atoms with Crippen molar-refractivity contribution in [1.82, 2.24) is 0 Å². The van der Waals surface area contributed by atoms with Gasteiger partial charge in [-0.05, 0) is 42.0 Å². The maximum atomic E-state index is 14.3. The van der Waals surface area contributed by atoms with Gasteiger partial charge in [0.25, 0.3) is 5.91 Å². The van der Waals surface area contributed by atoms with Crippen molar-refractivity contribution in [2.45, 2.75) is 5.37 Å². The van der Waals surface area contributed by atoms with Gasteiger partial charge in [0.1, 0.15) is 17.0 Å². The van der Waals surface area contributed by atoms with Crippen molar-refractivity contribution >= 4 is 35.0 Å². The highest BCUT2D eigenvalue weighted by Crippen LogP contribution is 2.43. The summed E-state index contributed by atoms with van der Waals surface area (Å²) in [6.45, 7) is 0. The summed E-state index contributed by atoms with van der Waals surface area (Å²) in [5.41, 5.74) is 1.86. The molecule has 1 N–H and O–H groups in total. The molecule has 29 heavy (non-hydrogen) atoms. The quantitative estimate of drug-likeness (QED) is 0.659. The lowest BCUT2D eigenvalue weighted by molar-refractivity contribution is -0.115. The highest BCUT2D eigenvalue weighted by molar-refractivity contribution is 8.00. The van der Waals surface area contributed by atoms with Gasteiger partial charge in [-0.25, -0.2) is 8.78 Å². The molecule has 3 aromatic carbocycles. The molecule has 3 aromatic rings. The fraction of sp³-hybridized carbons (Fsp3) is 0.0909. The summed E-state index contributed by atoms with van der Waals surface area (Å²) in [6, 6.07) is 19.0. The second kappa shape index (κ2) is 8.05. The number of carbonyl (C=O) groups is 2. The Morgan fingerprint density at radius 3 is 2.55 bits per heavy atom. The number of hydrogen-bond donors (Lipinski definition) is 1. The molecule has 1 fully saturated rings. The van der Waals surface area contributed by atoms with Crippen molar-refractivity contribution < 1.29 is 18.4 Å². The number of thioether (sulfide) groups is 1. The highest BCUT2D eigenvalue weighted by Gasteiger charge is 2.35. The van der Waals surface area contributed by atoms with Gasteiger partial charge in [0.15, 0.2) is 0 Å². The fourth-order valence-corrected chi connectivity index (χ4v) is 4.33. The molecule has 1 heterocycles. The number of anilines is 2. The smallest absolute Gasteiger partial charge is 0.255 e. The van der Waals surface area contributed by atoms with E-state index >= 15 is 0 Å². The Balaban J connectivity index is 1.61. The maximum absolute atomic E-state index is 14.3. The Morgan fingerprint density at radius 1 is 1.00 bits per heavy atom. The van der Waals surface area contributed by atoms with Gasteiger partial charge in [0, 0.05) is 17.3 Å². The molecule has 0 spiro atoms. The van der Waals surface area contributed by atoms with Crippen LogP contribution in [0.15, 0.2) is 72.8 Å². The topological polar surface area (TPSA) is 49.4 Å². The summed E-state index contributed by atoms with van der Waals surface area (Å²) in [7, 11) is 0. The zero-order chi connectivity index (χ0) is 20.4. The normalized spacial score (nSPS) is 16.1. The number of hydrogen-bond acceptors (Lipinski definition) is 3. The molecule has 0 radical (unpaired) electrons. The van der Waals surface area contributed by atoms with Crippen LogP contribution < -0.4 is 10.2 Å². The highest BCUT2D eigenvalue weighted by atomic mass is 32.2. The molecule has 1 unspecified atom stereocenters. The lowest BCUT2D eigenvalue weighted by atomic mass is 10.1. The zero-order valence-electron chi connectivity index (χ0n) is 15.1. The third-order valence-electron chi connectivity index (χ3n) is 4.50. The van der Waals surface area contributed by atoms with E-state index in [0.717, 1.165) is 17.7 Å². The van der Waals surface area contributed by atoms with Crippen LogP contribution in [-0.4, -0.2) is 17.6 Å². The minimum Gasteiger partial charge on any atom is -0.322 e. The van der Waals surface area contributed by atoms with E-state index in [0.29, 0.717) is 11.3 Å². The number of rotatable bonds is 4. The van der Waals surface area contributed by atoms with Crippen LogP contribution in [0.4, 0.5) is 20.2 Å². The zero-order valence-corrected chi connectivity index (χ0v) is 16.0. The number of nitrogens with one attached hydrogen (secondary N) is 1. The SMILES string of the molecule is O=C(Nc1cccc(C2SCC(=O)N2c2ccc(F)cc2F)c1)c1ccccc1. The number of benzene rings is 3. The van der Waals surface area contributed by atoms with Gasteiger partial charge in [-0.2, -0.15) is 0 Å². The first-order chi connectivity index (χ1) is 14.0. The summed E-state index contributed by atoms with van der Waals surface area (Å²) >= 11 is 1.35.